The molecule has 7 nitrogen and oxygen atoms in total. The fourth-order valence-electron chi connectivity index (χ4n) is 3.09. The summed E-state index contributed by atoms with van der Waals surface area (Å²) in [4.78, 5) is 17.0. The lowest BCUT2D eigenvalue weighted by atomic mass is 10.1. The number of rotatable bonds is 6. The van der Waals surface area contributed by atoms with Gasteiger partial charge in [0.15, 0.2) is 5.03 Å². The van der Waals surface area contributed by atoms with E-state index in [9.17, 15) is 17.6 Å². The molecule has 0 saturated heterocycles. The number of carbonyl (C=O) groups excluding carboxylic acids is 1. The Morgan fingerprint density at radius 3 is 2.66 bits per heavy atom. The molecule has 0 fully saturated rings. The molecule has 1 unspecified atom stereocenters. The summed E-state index contributed by atoms with van der Waals surface area (Å²) < 4.78 is 47.1. The first-order chi connectivity index (χ1) is 15.2. The van der Waals surface area contributed by atoms with Crippen LogP contribution in [0.2, 0.25) is 0 Å². The number of sulfonamides is 1. The van der Waals surface area contributed by atoms with Crippen molar-refractivity contribution in [2.45, 2.75) is 18.0 Å². The van der Waals surface area contributed by atoms with E-state index in [4.69, 9.17) is 0 Å². The molecule has 2 heterocycles. The van der Waals surface area contributed by atoms with Crippen molar-refractivity contribution >= 4 is 59.2 Å². The lowest BCUT2D eigenvalue weighted by Crippen LogP contribution is -2.28. The maximum atomic E-state index is 13.2. The Morgan fingerprint density at radius 2 is 1.91 bits per heavy atom. The minimum Gasteiger partial charge on any atom is -0.345 e. The number of hydrogen-bond donors (Lipinski definition) is 2. The van der Waals surface area contributed by atoms with Gasteiger partial charge in [0, 0.05) is 10.7 Å². The first kappa shape index (κ1) is 22.3. The maximum Gasteiger partial charge on any atom is 0.280 e. The molecule has 2 N–H and O–H groups in total. The summed E-state index contributed by atoms with van der Waals surface area (Å²) in [5.41, 5.74) is 0.923. The van der Waals surface area contributed by atoms with Crippen LogP contribution in [0.25, 0.3) is 10.1 Å². The quantitative estimate of drug-likeness (QED) is 0.367. The van der Waals surface area contributed by atoms with Crippen molar-refractivity contribution in [3.05, 3.63) is 82.3 Å². The highest BCUT2D eigenvalue weighted by atomic mass is 79.9. The Kier molecular flexibility index (Phi) is 6.22. The Hall–Kier alpha value is -2.89. The lowest BCUT2D eigenvalue weighted by molar-refractivity contribution is 0.0941. The van der Waals surface area contributed by atoms with E-state index < -0.39 is 22.0 Å². The van der Waals surface area contributed by atoms with E-state index in [1.807, 2.05) is 0 Å². The molecule has 0 spiro atoms. The highest BCUT2D eigenvalue weighted by Gasteiger charge is 2.24. The zero-order valence-corrected chi connectivity index (χ0v) is 19.8. The molecular weight excluding hydrogens is 519 g/mol. The van der Waals surface area contributed by atoms with E-state index in [2.05, 4.69) is 35.3 Å². The molecule has 32 heavy (non-hydrogen) atoms. The molecule has 0 bridgehead atoms. The van der Waals surface area contributed by atoms with Crippen LogP contribution in [0, 0.1) is 5.82 Å². The molecule has 164 valence electrons. The molecule has 4 aromatic rings. The van der Waals surface area contributed by atoms with Gasteiger partial charge >= 0.3 is 0 Å². The van der Waals surface area contributed by atoms with Crippen LogP contribution in [-0.2, 0) is 10.0 Å². The average molecular weight is 535 g/mol. The molecule has 2 aromatic carbocycles. The second-order valence-electron chi connectivity index (χ2n) is 6.90. The highest BCUT2D eigenvalue weighted by Crippen LogP contribution is 2.28. The van der Waals surface area contributed by atoms with Gasteiger partial charge in [-0.2, -0.15) is 12.8 Å². The molecule has 1 amide bonds. The lowest BCUT2D eigenvalue weighted by Gasteiger charge is -2.17. The summed E-state index contributed by atoms with van der Waals surface area (Å²) in [6, 6.07) is 11.7. The number of aromatic nitrogens is 2. The van der Waals surface area contributed by atoms with Crippen molar-refractivity contribution in [3.63, 3.8) is 0 Å². The Labute approximate surface area is 196 Å². The number of nitrogens with one attached hydrogen (secondary N) is 2. The average Bonchev–Trinajstić information content (AvgIpc) is 3.22. The van der Waals surface area contributed by atoms with Crippen molar-refractivity contribution in [1.29, 1.82) is 0 Å². The van der Waals surface area contributed by atoms with Gasteiger partial charge in [0.05, 0.1) is 33.6 Å². The van der Waals surface area contributed by atoms with Crippen LogP contribution >= 0.6 is 27.5 Å². The normalized spacial score (nSPS) is 12.5. The molecule has 2 aromatic heterocycles. The summed E-state index contributed by atoms with van der Waals surface area (Å²) in [5.74, 6) is -0.864. The zero-order valence-electron chi connectivity index (χ0n) is 16.5. The summed E-state index contributed by atoms with van der Waals surface area (Å²) in [5, 5.41) is 3.03. The minimum absolute atomic E-state index is 0.0881. The molecule has 4 rings (SSSR count). The molecular formula is C21H16BrFN4O3S2. The van der Waals surface area contributed by atoms with Crippen LogP contribution in [0.3, 0.4) is 0 Å². The topological polar surface area (TPSA) is 101 Å². The number of fused-ring (bicyclic) bond motifs is 1. The van der Waals surface area contributed by atoms with Crippen LogP contribution in [0.4, 0.5) is 10.1 Å². The molecule has 0 saturated carbocycles. The van der Waals surface area contributed by atoms with E-state index in [1.54, 1.807) is 31.2 Å². The number of benzene rings is 2. The predicted molar refractivity (Wildman–Crippen MR) is 125 cm³/mol. The fourth-order valence-corrected chi connectivity index (χ4v) is 5.36. The van der Waals surface area contributed by atoms with Crippen LogP contribution in [0.15, 0.2) is 70.4 Å². The van der Waals surface area contributed by atoms with E-state index in [0.29, 0.717) is 20.1 Å². The number of nitrogens with zero attached hydrogens (tertiary/aromatic N) is 2. The third-order valence-electron chi connectivity index (χ3n) is 4.69. The summed E-state index contributed by atoms with van der Waals surface area (Å²) in [7, 11) is -4.10. The molecule has 0 aliphatic heterocycles. The third-order valence-corrected chi connectivity index (χ3v) is 7.27. The van der Waals surface area contributed by atoms with Gasteiger partial charge in [-0.25, -0.2) is 9.37 Å². The van der Waals surface area contributed by atoms with Gasteiger partial charge in [-0.05, 0) is 60.4 Å². The van der Waals surface area contributed by atoms with E-state index in [0.717, 1.165) is 11.5 Å². The summed E-state index contributed by atoms with van der Waals surface area (Å²) >= 11 is 4.47. The molecule has 0 radical (unpaired) electrons. The maximum absolute atomic E-state index is 13.2. The van der Waals surface area contributed by atoms with Crippen molar-refractivity contribution in [2.75, 3.05) is 4.72 Å². The summed E-state index contributed by atoms with van der Waals surface area (Å²) in [6.07, 6.45) is 2.84. The number of carbonyl (C=O) groups is 1. The van der Waals surface area contributed by atoms with Crippen molar-refractivity contribution in [3.8, 4) is 0 Å². The molecule has 11 heteroatoms. The van der Waals surface area contributed by atoms with Crippen LogP contribution in [0.1, 0.15) is 28.9 Å². The Bertz CT molecular complexity index is 1410. The highest BCUT2D eigenvalue weighted by molar-refractivity contribution is 9.10. The van der Waals surface area contributed by atoms with Gasteiger partial charge in [0.25, 0.3) is 15.9 Å². The second kappa shape index (κ2) is 8.93. The first-order valence-corrected chi connectivity index (χ1v) is 12.4. The third kappa shape index (κ3) is 4.64. The fraction of sp³-hybridized carbons (Fsp3) is 0.0952. The summed E-state index contributed by atoms with van der Waals surface area (Å²) in [6.45, 7) is 1.75. The van der Waals surface area contributed by atoms with Gasteiger partial charge < -0.3 is 5.32 Å². The van der Waals surface area contributed by atoms with Crippen molar-refractivity contribution < 1.29 is 17.6 Å². The number of pyridine rings is 1. The Morgan fingerprint density at radius 1 is 1.16 bits per heavy atom. The monoisotopic (exact) mass is 534 g/mol. The number of halogens is 2. The SMILES string of the molecule is CC(NC(=O)c1ccc(Br)cc1NS(=O)(=O)c1nccc2sncc12)c1ccc(F)cc1. The van der Waals surface area contributed by atoms with Crippen LogP contribution in [0.5, 0.6) is 0 Å². The van der Waals surface area contributed by atoms with Gasteiger partial charge in [-0.15, -0.1) is 0 Å². The number of anilines is 1. The van der Waals surface area contributed by atoms with Crippen molar-refractivity contribution in [1.82, 2.24) is 14.7 Å². The minimum atomic E-state index is -4.10. The standard InChI is InChI=1S/C21H16BrFN4O3S2/c1-12(13-2-5-15(23)6-3-13)26-20(28)16-7-4-14(22)10-18(16)27-32(29,30)21-17-11-25-31-19(17)8-9-24-21/h2-12,27H,1H3,(H,26,28). The zero-order chi connectivity index (χ0) is 22.9. The smallest absolute Gasteiger partial charge is 0.280 e. The molecule has 0 aliphatic carbocycles. The largest absolute Gasteiger partial charge is 0.345 e. The second-order valence-corrected chi connectivity index (χ2v) is 10.2. The van der Waals surface area contributed by atoms with Crippen LogP contribution < -0.4 is 10.0 Å². The van der Waals surface area contributed by atoms with E-state index in [-0.39, 0.29) is 22.1 Å². The van der Waals surface area contributed by atoms with Crippen molar-refractivity contribution in [2.24, 2.45) is 0 Å². The van der Waals surface area contributed by atoms with Crippen LogP contribution in [-0.4, -0.2) is 23.7 Å². The number of hydrogen-bond acceptors (Lipinski definition) is 6. The molecule has 1 atom stereocenters. The predicted octanol–water partition coefficient (Wildman–Crippen LogP) is 4.88. The van der Waals surface area contributed by atoms with Gasteiger partial charge in [-0.3, -0.25) is 9.52 Å². The van der Waals surface area contributed by atoms with Gasteiger partial charge in [-0.1, -0.05) is 28.1 Å². The Balaban J connectivity index is 1.64. The van der Waals surface area contributed by atoms with E-state index >= 15 is 0 Å². The molecule has 0 aliphatic rings. The van der Waals surface area contributed by atoms with E-state index in [1.165, 1.54) is 36.7 Å². The first-order valence-electron chi connectivity index (χ1n) is 9.33. The van der Waals surface area contributed by atoms with Gasteiger partial charge in [0.2, 0.25) is 0 Å². The van der Waals surface area contributed by atoms with Gasteiger partial charge in [0.1, 0.15) is 5.82 Å². The number of amides is 1.